The second-order valence-corrected chi connectivity index (χ2v) is 19.7. The Balaban J connectivity index is 2.93. The third-order valence-electron chi connectivity index (χ3n) is 6.03. The van der Waals surface area contributed by atoms with Crippen molar-refractivity contribution in [2.24, 2.45) is 0 Å². The first-order valence-corrected chi connectivity index (χ1v) is 14.9. The van der Waals surface area contributed by atoms with E-state index in [1.165, 1.54) is 0 Å². The molecule has 1 rings (SSSR count). The van der Waals surface area contributed by atoms with E-state index in [1.54, 1.807) is 0 Å². The Morgan fingerprint density at radius 3 is 1.83 bits per heavy atom. The average Bonchev–Trinajstić information content (AvgIpc) is 2.34. The fraction of sp³-hybridized carbons (Fsp3) is 0.800. The van der Waals surface area contributed by atoms with Crippen LogP contribution in [0.5, 0.6) is 0 Å². The van der Waals surface area contributed by atoms with Gasteiger partial charge in [-0.15, -0.1) is 6.42 Å². The van der Waals surface area contributed by atoms with Crippen molar-refractivity contribution in [1.82, 2.24) is 0 Å². The summed E-state index contributed by atoms with van der Waals surface area (Å²) in [5.41, 5.74) is 1.04. The van der Waals surface area contributed by atoms with Crippen molar-refractivity contribution in [1.29, 1.82) is 0 Å². The number of hydrogen-bond acceptors (Lipinski definition) is 2. The molecule has 2 nitrogen and oxygen atoms in total. The smallest absolute Gasteiger partial charge is 0.192 e. The summed E-state index contributed by atoms with van der Waals surface area (Å²) in [5.74, 6) is 2.84. The van der Waals surface area contributed by atoms with E-state index in [0.717, 1.165) is 18.4 Å². The number of rotatable bonds is 4. The highest BCUT2D eigenvalue weighted by atomic mass is 28.4. The lowest BCUT2D eigenvalue weighted by molar-refractivity contribution is 0.106. The molecule has 1 aliphatic carbocycles. The topological polar surface area (TPSA) is 18.5 Å². The minimum absolute atomic E-state index is 0.0838. The molecule has 0 aromatic heterocycles. The van der Waals surface area contributed by atoms with Crippen LogP contribution in [0, 0.1) is 12.3 Å². The van der Waals surface area contributed by atoms with Gasteiger partial charge in [-0.2, -0.15) is 0 Å². The van der Waals surface area contributed by atoms with Gasteiger partial charge in [0, 0.05) is 18.4 Å². The van der Waals surface area contributed by atoms with Crippen LogP contribution in [0.3, 0.4) is 0 Å². The standard InChI is InChI=1S/C20H38O2Si2/c1-12-16-13-17(21-23(8,9)19(2,3)4)15-18(14-16)22-24(10,11)20(5,6)7/h1,13,17-18H,14-15H2,2-11H3/t17-,18+/m0/s1. The highest BCUT2D eigenvalue weighted by Gasteiger charge is 2.42. The van der Waals surface area contributed by atoms with Crippen LogP contribution in [0.1, 0.15) is 54.4 Å². The molecule has 0 fully saturated rings. The highest BCUT2D eigenvalue weighted by molar-refractivity contribution is 6.74. The van der Waals surface area contributed by atoms with Gasteiger partial charge in [-0.3, -0.25) is 0 Å². The molecule has 0 amide bonds. The molecule has 0 aliphatic heterocycles. The van der Waals surface area contributed by atoms with E-state index >= 15 is 0 Å². The highest BCUT2D eigenvalue weighted by Crippen LogP contribution is 2.41. The molecule has 0 heterocycles. The van der Waals surface area contributed by atoms with Crippen LogP contribution in [-0.4, -0.2) is 28.8 Å². The van der Waals surface area contributed by atoms with E-state index < -0.39 is 16.6 Å². The molecular formula is C20H38O2Si2. The van der Waals surface area contributed by atoms with Gasteiger partial charge >= 0.3 is 0 Å². The zero-order chi connectivity index (χ0) is 19.0. The van der Waals surface area contributed by atoms with Crippen molar-refractivity contribution < 1.29 is 8.85 Å². The Bertz CT molecular complexity index is 513. The van der Waals surface area contributed by atoms with Gasteiger partial charge in [0.05, 0.1) is 12.2 Å². The molecule has 0 radical (unpaired) electrons. The number of hydrogen-bond donors (Lipinski definition) is 0. The Morgan fingerprint density at radius 1 is 0.958 bits per heavy atom. The first kappa shape index (κ1) is 21.7. The summed E-state index contributed by atoms with van der Waals surface area (Å²) < 4.78 is 13.3. The van der Waals surface area contributed by atoms with Crippen LogP contribution in [0.25, 0.3) is 0 Å². The van der Waals surface area contributed by atoms with Crippen LogP contribution in [0.2, 0.25) is 36.3 Å². The monoisotopic (exact) mass is 366 g/mol. The van der Waals surface area contributed by atoms with Crippen molar-refractivity contribution in [2.45, 2.75) is 103 Å². The van der Waals surface area contributed by atoms with Gasteiger partial charge in [0.15, 0.2) is 16.6 Å². The van der Waals surface area contributed by atoms with E-state index in [0.29, 0.717) is 0 Å². The summed E-state index contributed by atoms with van der Waals surface area (Å²) in [4.78, 5) is 0. The van der Waals surface area contributed by atoms with Gasteiger partial charge in [-0.05, 0) is 42.3 Å². The summed E-state index contributed by atoms with van der Waals surface area (Å²) in [6, 6.07) is 0. The van der Waals surface area contributed by atoms with E-state index in [-0.39, 0.29) is 22.3 Å². The second kappa shape index (κ2) is 7.11. The summed E-state index contributed by atoms with van der Waals surface area (Å²) >= 11 is 0. The average molecular weight is 367 g/mol. The van der Waals surface area contributed by atoms with Crippen LogP contribution in [0.15, 0.2) is 11.6 Å². The molecule has 0 saturated heterocycles. The van der Waals surface area contributed by atoms with Gasteiger partial charge in [-0.25, -0.2) is 0 Å². The van der Waals surface area contributed by atoms with Crippen molar-refractivity contribution in [2.75, 3.05) is 0 Å². The van der Waals surface area contributed by atoms with Crippen LogP contribution >= 0.6 is 0 Å². The molecular weight excluding hydrogens is 328 g/mol. The maximum Gasteiger partial charge on any atom is 0.192 e. The minimum atomic E-state index is -1.82. The first-order chi connectivity index (χ1) is 10.6. The lowest BCUT2D eigenvalue weighted by Crippen LogP contribution is -2.48. The molecule has 0 aromatic rings. The summed E-state index contributed by atoms with van der Waals surface area (Å²) in [6.07, 6.45) is 9.91. The van der Waals surface area contributed by atoms with E-state index in [4.69, 9.17) is 15.3 Å². The van der Waals surface area contributed by atoms with Gasteiger partial charge in [0.25, 0.3) is 0 Å². The molecule has 138 valence electrons. The fourth-order valence-electron chi connectivity index (χ4n) is 2.38. The molecule has 24 heavy (non-hydrogen) atoms. The quantitative estimate of drug-likeness (QED) is 0.441. The summed E-state index contributed by atoms with van der Waals surface area (Å²) in [5, 5.41) is 0.407. The van der Waals surface area contributed by atoms with Gasteiger partial charge in [0.1, 0.15) is 0 Å². The molecule has 0 saturated carbocycles. The molecule has 1 aliphatic rings. The molecule has 2 atom stereocenters. The maximum absolute atomic E-state index is 6.64. The number of terminal acetylenes is 1. The second-order valence-electron chi connectivity index (χ2n) is 10.2. The molecule has 4 heteroatoms. The molecule has 0 bridgehead atoms. The minimum Gasteiger partial charge on any atom is -0.413 e. The lowest BCUT2D eigenvalue weighted by Gasteiger charge is -2.43. The lowest BCUT2D eigenvalue weighted by atomic mass is 9.95. The molecule has 0 N–H and O–H groups in total. The largest absolute Gasteiger partial charge is 0.413 e. The Labute approximate surface area is 152 Å². The van der Waals surface area contributed by atoms with Crippen LogP contribution in [-0.2, 0) is 8.85 Å². The van der Waals surface area contributed by atoms with Crippen molar-refractivity contribution in [3.63, 3.8) is 0 Å². The zero-order valence-corrected chi connectivity index (χ0v) is 19.5. The van der Waals surface area contributed by atoms with Crippen LogP contribution < -0.4 is 0 Å². The van der Waals surface area contributed by atoms with Crippen molar-refractivity contribution in [3.8, 4) is 12.3 Å². The first-order valence-electron chi connectivity index (χ1n) is 9.12. The van der Waals surface area contributed by atoms with E-state index in [2.05, 4.69) is 79.7 Å². The van der Waals surface area contributed by atoms with Crippen molar-refractivity contribution >= 4 is 16.6 Å². The normalized spacial score (nSPS) is 23.6. The molecule has 0 unspecified atom stereocenters. The zero-order valence-electron chi connectivity index (χ0n) is 17.5. The Morgan fingerprint density at radius 2 is 1.42 bits per heavy atom. The summed E-state index contributed by atoms with van der Waals surface area (Å²) in [6.45, 7) is 22.9. The third-order valence-corrected chi connectivity index (χ3v) is 15.1. The molecule has 0 spiro atoms. The van der Waals surface area contributed by atoms with Gasteiger partial charge < -0.3 is 8.85 Å². The SMILES string of the molecule is C#CC1=C[C@H](O[Si](C)(C)C(C)(C)C)C[C@H](O[Si](C)(C)C(C)(C)C)C1. The van der Waals surface area contributed by atoms with E-state index in [9.17, 15) is 0 Å². The predicted octanol–water partition coefficient (Wildman–Crippen LogP) is 6.12. The third kappa shape index (κ3) is 5.32. The maximum atomic E-state index is 6.64. The Kier molecular flexibility index (Phi) is 6.43. The fourth-order valence-corrected chi connectivity index (χ4v) is 5.02. The molecule has 0 aromatic carbocycles. The Hall–Kier alpha value is -0.346. The van der Waals surface area contributed by atoms with Gasteiger partial charge in [-0.1, -0.05) is 47.5 Å². The predicted molar refractivity (Wildman–Crippen MR) is 110 cm³/mol. The summed E-state index contributed by atoms with van der Waals surface area (Å²) in [7, 11) is -3.62. The van der Waals surface area contributed by atoms with Crippen molar-refractivity contribution in [3.05, 3.63) is 11.6 Å². The van der Waals surface area contributed by atoms with E-state index in [1.807, 2.05) is 0 Å². The van der Waals surface area contributed by atoms with Gasteiger partial charge in [0.2, 0.25) is 0 Å². The van der Waals surface area contributed by atoms with Crippen LogP contribution in [0.4, 0.5) is 0 Å².